The molecule has 0 unspecified atom stereocenters. The van der Waals surface area contributed by atoms with E-state index in [1.54, 1.807) is 0 Å². The highest BCUT2D eigenvalue weighted by Gasteiger charge is 2.23. The number of ether oxygens (including phenoxy) is 2. The molecule has 8 heteroatoms. The van der Waals surface area contributed by atoms with Crippen molar-refractivity contribution >= 4 is 23.2 Å². The number of benzene rings is 1. The highest BCUT2D eigenvalue weighted by molar-refractivity contribution is 6.43. The second-order valence-electron chi connectivity index (χ2n) is 6.00. The van der Waals surface area contributed by atoms with Crippen LogP contribution in [0.5, 0.6) is 5.75 Å². The summed E-state index contributed by atoms with van der Waals surface area (Å²) in [5.41, 5.74) is 0.446. The molecule has 7 nitrogen and oxygen atoms in total. The summed E-state index contributed by atoms with van der Waals surface area (Å²) in [5, 5.41) is 7.71. The maximum Gasteiger partial charge on any atom is 0.271 e. The lowest BCUT2D eigenvalue weighted by molar-refractivity contribution is -0.130. The fourth-order valence-corrected chi connectivity index (χ4v) is 2.71. The normalized spacial score (nSPS) is 20.4. The van der Waals surface area contributed by atoms with Gasteiger partial charge >= 0.3 is 0 Å². The number of hydrazone groups is 1. The third-order valence-electron chi connectivity index (χ3n) is 4.11. The first-order chi connectivity index (χ1) is 12.0. The lowest BCUT2D eigenvalue weighted by Crippen LogP contribution is -2.34. The van der Waals surface area contributed by atoms with Gasteiger partial charge in [-0.15, -0.1) is 0 Å². The van der Waals surface area contributed by atoms with Gasteiger partial charge in [0.1, 0.15) is 23.9 Å². The Kier molecular flexibility index (Phi) is 5.28. The van der Waals surface area contributed by atoms with E-state index in [1.165, 1.54) is 25.2 Å². The van der Waals surface area contributed by atoms with Crippen LogP contribution in [0.25, 0.3) is 0 Å². The van der Waals surface area contributed by atoms with Crippen molar-refractivity contribution in [3.63, 3.8) is 0 Å². The summed E-state index contributed by atoms with van der Waals surface area (Å²) in [5.74, 6) is -0.751. The van der Waals surface area contributed by atoms with Crippen molar-refractivity contribution in [2.45, 2.75) is 31.8 Å². The molecule has 0 radical (unpaired) electrons. The number of hydrogen-bond acceptors (Lipinski definition) is 5. The van der Waals surface area contributed by atoms with E-state index in [0.717, 1.165) is 17.9 Å². The number of carbonyl (C=O) groups excluding carboxylic acids is 2. The zero-order valence-corrected chi connectivity index (χ0v) is 14.0. The van der Waals surface area contributed by atoms with E-state index in [9.17, 15) is 14.0 Å². The van der Waals surface area contributed by atoms with Crippen LogP contribution >= 0.6 is 0 Å². The van der Waals surface area contributed by atoms with Crippen molar-refractivity contribution in [1.82, 2.24) is 5.01 Å². The molecule has 0 aliphatic carbocycles. The van der Waals surface area contributed by atoms with Gasteiger partial charge in [0.05, 0.1) is 11.8 Å². The Morgan fingerprint density at radius 1 is 1.48 bits per heavy atom. The zero-order valence-electron chi connectivity index (χ0n) is 14.0. The average molecular weight is 349 g/mol. The first-order valence-electron chi connectivity index (χ1n) is 8.22. The van der Waals surface area contributed by atoms with E-state index in [0.29, 0.717) is 19.0 Å². The predicted octanol–water partition coefficient (Wildman–Crippen LogP) is 1.93. The summed E-state index contributed by atoms with van der Waals surface area (Å²) >= 11 is 0. The third-order valence-corrected chi connectivity index (χ3v) is 4.11. The topological polar surface area (TPSA) is 80.2 Å². The minimum Gasteiger partial charge on any atom is -0.489 e. The van der Waals surface area contributed by atoms with Crippen molar-refractivity contribution in [3.8, 4) is 5.75 Å². The quantitative estimate of drug-likeness (QED) is 0.881. The van der Waals surface area contributed by atoms with Gasteiger partial charge in [-0.3, -0.25) is 9.59 Å². The predicted molar refractivity (Wildman–Crippen MR) is 88.9 cm³/mol. The second-order valence-corrected chi connectivity index (χ2v) is 6.00. The largest absolute Gasteiger partial charge is 0.489 e. The number of carbonyl (C=O) groups is 2. The molecule has 2 aliphatic heterocycles. The Labute approximate surface area is 144 Å². The Balaban J connectivity index is 1.70. The summed E-state index contributed by atoms with van der Waals surface area (Å²) in [7, 11) is 1.49. The van der Waals surface area contributed by atoms with E-state index in [2.05, 4.69) is 10.4 Å². The number of amides is 2. The van der Waals surface area contributed by atoms with Crippen LogP contribution in [-0.2, 0) is 14.3 Å². The smallest absolute Gasteiger partial charge is 0.271 e. The molecular weight excluding hydrogens is 329 g/mol. The number of anilines is 1. The van der Waals surface area contributed by atoms with Gasteiger partial charge in [-0.05, 0) is 25.0 Å². The van der Waals surface area contributed by atoms with Gasteiger partial charge in [0, 0.05) is 32.6 Å². The Hall–Kier alpha value is -2.48. The minimum atomic E-state index is -0.488. The van der Waals surface area contributed by atoms with Gasteiger partial charge in [-0.25, -0.2) is 9.40 Å². The molecular formula is C17H20FN3O4. The molecule has 0 spiro atoms. The molecule has 1 N–H and O–H groups in total. The van der Waals surface area contributed by atoms with Gasteiger partial charge in [0.15, 0.2) is 0 Å². The molecule has 3 rings (SSSR count). The Morgan fingerprint density at radius 2 is 2.32 bits per heavy atom. The molecule has 25 heavy (non-hydrogen) atoms. The molecule has 1 saturated heterocycles. The number of nitrogens with one attached hydrogen (secondary N) is 1. The highest BCUT2D eigenvalue weighted by Crippen LogP contribution is 2.27. The molecule has 0 saturated carbocycles. The van der Waals surface area contributed by atoms with E-state index >= 15 is 0 Å². The van der Waals surface area contributed by atoms with Gasteiger partial charge in [0.25, 0.3) is 5.91 Å². The maximum absolute atomic E-state index is 13.6. The lowest BCUT2D eigenvalue weighted by Gasteiger charge is -2.20. The summed E-state index contributed by atoms with van der Waals surface area (Å²) < 4.78 is 24.8. The standard InChI is InChI=1S/C17H20FN3O4/c1-21-16(22)7-5-13(20-21)17(23)19-14-9-11(18)4-6-15(14)25-10-12-3-2-8-24-12/h4,6,9,12H,2-3,5,7-8,10H2,1H3,(H,19,23)/t12-/m0/s1. The number of halogens is 1. The van der Waals surface area contributed by atoms with Crippen LogP contribution in [0.2, 0.25) is 0 Å². The van der Waals surface area contributed by atoms with Gasteiger partial charge < -0.3 is 14.8 Å². The first-order valence-corrected chi connectivity index (χ1v) is 8.22. The first kappa shape index (κ1) is 17.3. The minimum absolute atomic E-state index is 0.0102. The average Bonchev–Trinajstić information content (AvgIpc) is 3.10. The van der Waals surface area contributed by atoms with Crippen molar-refractivity contribution in [2.24, 2.45) is 5.10 Å². The molecule has 1 aromatic rings. The van der Waals surface area contributed by atoms with Crippen LogP contribution in [0.4, 0.5) is 10.1 Å². The van der Waals surface area contributed by atoms with Crippen LogP contribution in [0.15, 0.2) is 23.3 Å². The molecule has 2 aliphatic rings. The molecule has 1 fully saturated rings. The maximum atomic E-state index is 13.6. The summed E-state index contributed by atoms with van der Waals surface area (Å²) in [6, 6.07) is 3.93. The summed E-state index contributed by atoms with van der Waals surface area (Å²) in [6.07, 6.45) is 2.38. The molecule has 0 bridgehead atoms. The van der Waals surface area contributed by atoms with Crippen molar-refractivity contribution in [3.05, 3.63) is 24.0 Å². The van der Waals surface area contributed by atoms with Gasteiger partial charge in [0.2, 0.25) is 5.91 Å². The molecule has 1 aromatic carbocycles. The van der Waals surface area contributed by atoms with Crippen molar-refractivity contribution < 1.29 is 23.5 Å². The SMILES string of the molecule is CN1N=C(C(=O)Nc2cc(F)ccc2OC[C@@H]2CCCO2)CCC1=O. The van der Waals surface area contributed by atoms with E-state index in [1.807, 2.05) is 0 Å². The Morgan fingerprint density at radius 3 is 3.04 bits per heavy atom. The molecule has 134 valence electrons. The highest BCUT2D eigenvalue weighted by atomic mass is 19.1. The van der Waals surface area contributed by atoms with Crippen LogP contribution in [-0.4, -0.2) is 48.9 Å². The number of nitrogens with zero attached hydrogens (tertiary/aromatic N) is 2. The molecule has 2 heterocycles. The molecule has 1 atom stereocenters. The van der Waals surface area contributed by atoms with Crippen LogP contribution < -0.4 is 10.1 Å². The zero-order chi connectivity index (χ0) is 17.8. The monoisotopic (exact) mass is 349 g/mol. The van der Waals surface area contributed by atoms with E-state index in [4.69, 9.17) is 9.47 Å². The lowest BCUT2D eigenvalue weighted by atomic mass is 10.1. The van der Waals surface area contributed by atoms with Crippen LogP contribution in [0.3, 0.4) is 0 Å². The fraction of sp³-hybridized carbons (Fsp3) is 0.471. The Bertz CT molecular complexity index is 701. The summed E-state index contributed by atoms with van der Waals surface area (Å²) in [6.45, 7) is 1.06. The van der Waals surface area contributed by atoms with Crippen molar-refractivity contribution in [2.75, 3.05) is 25.6 Å². The summed E-state index contributed by atoms with van der Waals surface area (Å²) in [4.78, 5) is 23.8. The van der Waals surface area contributed by atoms with Crippen LogP contribution in [0.1, 0.15) is 25.7 Å². The van der Waals surface area contributed by atoms with Crippen LogP contribution in [0, 0.1) is 5.82 Å². The molecule has 2 amide bonds. The van der Waals surface area contributed by atoms with E-state index in [-0.39, 0.29) is 36.3 Å². The van der Waals surface area contributed by atoms with Crippen molar-refractivity contribution in [1.29, 1.82) is 0 Å². The fourth-order valence-electron chi connectivity index (χ4n) is 2.71. The number of rotatable bonds is 5. The number of hydrogen-bond donors (Lipinski definition) is 1. The van der Waals surface area contributed by atoms with E-state index < -0.39 is 11.7 Å². The van der Waals surface area contributed by atoms with Gasteiger partial charge in [-0.1, -0.05) is 0 Å². The van der Waals surface area contributed by atoms with Gasteiger partial charge in [-0.2, -0.15) is 5.10 Å². The third kappa shape index (κ3) is 4.33. The molecule has 0 aromatic heterocycles. The second kappa shape index (κ2) is 7.60.